The maximum Gasteiger partial charge on any atom is 0.538 e. The molecule has 0 aliphatic carbocycles. The summed E-state index contributed by atoms with van der Waals surface area (Å²) in [6.45, 7) is 4.04. The number of hydrogen-bond acceptors (Lipinski definition) is 8. The highest BCUT2D eigenvalue weighted by Crippen LogP contribution is 2.20. The van der Waals surface area contributed by atoms with Crippen molar-refractivity contribution in [1.82, 2.24) is 20.8 Å². The lowest BCUT2D eigenvalue weighted by Gasteiger charge is -2.18. The zero-order valence-corrected chi connectivity index (χ0v) is 18.2. The summed E-state index contributed by atoms with van der Waals surface area (Å²) in [4.78, 5) is 42.8. The number of nitrogens with two attached hydrogens (primary N) is 3. The molecule has 0 aliphatic heterocycles. The molecule has 1 aromatic rings. The molecule has 32 heavy (non-hydrogen) atoms. The SMILES string of the molecule is CC(C)C[C@H](NC(=O)N[C@@H](CCCN=C(N)N)c1nc([C@@H](N)CCC(=O)O)no1)C(=O)[OH2+]. The summed E-state index contributed by atoms with van der Waals surface area (Å²) in [5, 5.41) is 25.1. The van der Waals surface area contributed by atoms with Crippen LogP contribution in [0.25, 0.3) is 0 Å². The van der Waals surface area contributed by atoms with Crippen molar-refractivity contribution in [3.05, 3.63) is 11.7 Å². The summed E-state index contributed by atoms with van der Waals surface area (Å²) in [7, 11) is 0. The Morgan fingerprint density at radius 2 is 1.91 bits per heavy atom. The van der Waals surface area contributed by atoms with Gasteiger partial charge in [-0.25, -0.2) is 4.79 Å². The van der Waals surface area contributed by atoms with E-state index >= 15 is 0 Å². The molecule has 0 aliphatic rings. The van der Waals surface area contributed by atoms with Crippen LogP contribution in [0.5, 0.6) is 0 Å². The zero-order valence-electron chi connectivity index (χ0n) is 18.2. The van der Waals surface area contributed by atoms with Crippen LogP contribution in [0.2, 0.25) is 0 Å². The topological polar surface area (TPSA) is 248 Å². The molecule has 0 bridgehead atoms. The Morgan fingerprint density at radius 1 is 1.22 bits per heavy atom. The number of guanidine groups is 1. The third-order valence-corrected chi connectivity index (χ3v) is 4.34. The number of carbonyl (C=O) groups excluding carboxylic acids is 2. The van der Waals surface area contributed by atoms with Crippen LogP contribution in [-0.2, 0) is 9.59 Å². The first-order valence-corrected chi connectivity index (χ1v) is 10.2. The van der Waals surface area contributed by atoms with E-state index in [4.69, 9.17) is 31.9 Å². The number of carboxylic acid groups (broad SMARTS) is 1. The van der Waals surface area contributed by atoms with Crippen molar-refractivity contribution in [3.8, 4) is 0 Å². The second-order valence-electron chi connectivity index (χ2n) is 7.70. The number of nitrogens with one attached hydrogen (secondary N) is 2. The minimum Gasteiger partial charge on any atom is -0.563 e. The molecular weight excluding hydrogens is 424 g/mol. The van der Waals surface area contributed by atoms with Gasteiger partial charge in [0.2, 0.25) is 5.89 Å². The number of aliphatic carboxylic acids is 1. The molecule has 0 spiro atoms. The van der Waals surface area contributed by atoms with Gasteiger partial charge in [-0.2, -0.15) is 4.98 Å². The molecule has 14 nitrogen and oxygen atoms in total. The second kappa shape index (κ2) is 13.1. The fourth-order valence-corrected chi connectivity index (χ4v) is 2.77. The van der Waals surface area contributed by atoms with Gasteiger partial charge >= 0.3 is 18.0 Å². The van der Waals surface area contributed by atoms with E-state index in [0.717, 1.165) is 0 Å². The molecule has 3 atom stereocenters. The fourth-order valence-electron chi connectivity index (χ4n) is 2.77. The lowest BCUT2D eigenvalue weighted by atomic mass is 10.0. The molecule has 180 valence electrons. The van der Waals surface area contributed by atoms with Crippen LogP contribution < -0.4 is 27.8 Å². The van der Waals surface area contributed by atoms with E-state index in [0.29, 0.717) is 25.8 Å². The lowest BCUT2D eigenvalue weighted by molar-refractivity contribution is -0.139. The first kappa shape index (κ1) is 26.6. The number of carbonyl (C=O) groups is 3. The van der Waals surface area contributed by atoms with Crippen molar-refractivity contribution in [1.29, 1.82) is 0 Å². The van der Waals surface area contributed by atoms with Crippen molar-refractivity contribution in [2.24, 2.45) is 28.1 Å². The Morgan fingerprint density at radius 3 is 2.47 bits per heavy atom. The highest BCUT2D eigenvalue weighted by Gasteiger charge is 2.29. The zero-order chi connectivity index (χ0) is 24.3. The minimum atomic E-state index is -1.000. The molecule has 1 heterocycles. The Kier molecular flexibility index (Phi) is 10.9. The van der Waals surface area contributed by atoms with Gasteiger partial charge in [0.25, 0.3) is 0 Å². The maximum atomic E-state index is 12.5. The Labute approximate surface area is 185 Å². The molecule has 11 N–H and O–H groups in total. The van der Waals surface area contributed by atoms with Crippen LogP contribution >= 0.6 is 0 Å². The van der Waals surface area contributed by atoms with Crippen LogP contribution in [0.15, 0.2) is 9.52 Å². The van der Waals surface area contributed by atoms with E-state index in [2.05, 4.69) is 25.8 Å². The average Bonchev–Trinajstić information content (AvgIpc) is 3.17. The lowest BCUT2D eigenvalue weighted by Crippen LogP contribution is -2.47. The standard InChI is InChI=1S/C18H32N8O6/c1-9(2)8-12(16(29)30)24-18(31)23-11(4-3-7-22-17(20)21)15-25-14(26-32-15)10(19)5-6-13(27)28/h9-12H,3-8,19H2,1-2H3,(H,27,28)(H,29,30)(H4,20,21,22)(H2,23,24,31)/p+1/t10-,11-,12-/m0/s1. The third-order valence-electron chi connectivity index (χ3n) is 4.34. The Hall–Kier alpha value is -3.42. The second-order valence-corrected chi connectivity index (χ2v) is 7.70. The van der Waals surface area contributed by atoms with E-state index in [-0.39, 0.29) is 36.4 Å². The van der Waals surface area contributed by atoms with Crippen molar-refractivity contribution >= 4 is 23.9 Å². The number of urea groups is 1. The van der Waals surface area contributed by atoms with Crippen molar-refractivity contribution in [2.75, 3.05) is 6.54 Å². The largest absolute Gasteiger partial charge is 0.563 e. The number of rotatable bonds is 14. The number of nitrogens with zero attached hydrogens (tertiary/aromatic N) is 3. The van der Waals surface area contributed by atoms with Crippen LogP contribution in [0.1, 0.15) is 69.8 Å². The van der Waals surface area contributed by atoms with Gasteiger partial charge in [0.1, 0.15) is 6.04 Å². The molecule has 0 fully saturated rings. The van der Waals surface area contributed by atoms with E-state index in [1.54, 1.807) is 0 Å². The molecular formula is C18H33N8O6+. The van der Waals surface area contributed by atoms with Gasteiger partial charge in [0, 0.05) is 17.8 Å². The maximum absolute atomic E-state index is 12.5. The predicted octanol–water partition coefficient (Wildman–Crippen LogP) is -1.01. The van der Waals surface area contributed by atoms with Crippen molar-refractivity contribution in [3.63, 3.8) is 0 Å². The quantitative estimate of drug-likeness (QED) is 0.0859. The van der Waals surface area contributed by atoms with E-state index in [1.807, 2.05) is 13.8 Å². The smallest absolute Gasteiger partial charge is 0.538 e. The van der Waals surface area contributed by atoms with Crippen LogP contribution in [0.4, 0.5) is 4.79 Å². The highest BCUT2D eigenvalue weighted by atomic mass is 16.5. The van der Waals surface area contributed by atoms with Crippen molar-refractivity contribution in [2.45, 2.75) is 64.1 Å². The first-order chi connectivity index (χ1) is 15.0. The molecule has 0 saturated heterocycles. The number of amides is 2. The molecule has 0 saturated carbocycles. The van der Waals surface area contributed by atoms with Gasteiger partial charge in [-0.1, -0.05) is 19.0 Å². The fraction of sp³-hybridized carbons (Fsp3) is 0.667. The van der Waals surface area contributed by atoms with E-state index in [9.17, 15) is 14.4 Å². The summed E-state index contributed by atoms with van der Waals surface area (Å²) >= 11 is 0. The van der Waals surface area contributed by atoms with E-state index in [1.165, 1.54) is 0 Å². The predicted molar refractivity (Wildman–Crippen MR) is 114 cm³/mol. The van der Waals surface area contributed by atoms with Crippen LogP contribution in [0.3, 0.4) is 0 Å². The molecule has 2 amide bonds. The van der Waals surface area contributed by atoms with Crippen LogP contribution in [0, 0.1) is 5.92 Å². The Bertz CT molecular complexity index is 792. The molecule has 1 rings (SSSR count). The monoisotopic (exact) mass is 457 g/mol. The minimum absolute atomic E-state index is 0.0586. The molecule has 0 aromatic carbocycles. The number of carboxylic acids is 1. The normalized spacial score (nSPS) is 13.8. The third kappa shape index (κ3) is 10.1. The Balaban J connectivity index is 2.90. The van der Waals surface area contributed by atoms with Gasteiger partial charge in [0.05, 0.1) is 6.04 Å². The molecule has 0 unspecified atom stereocenters. The van der Waals surface area contributed by atoms with Gasteiger partial charge in [-0.15, -0.1) is 0 Å². The van der Waals surface area contributed by atoms with Crippen molar-refractivity contribution < 1.29 is 29.1 Å². The number of aromatic nitrogens is 2. The molecule has 0 radical (unpaired) electrons. The summed E-state index contributed by atoms with van der Waals surface area (Å²) in [6.07, 6.45) is 1.04. The molecule has 1 aromatic heterocycles. The summed E-state index contributed by atoms with van der Waals surface area (Å²) in [5.74, 6) is -1.71. The summed E-state index contributed by atoms with van der Waals surface area (Å²) in [6, 6.07) is -3.15. The first-order valence-electron chi connectivity index (χ1n) is 10.2. The van der Waals surface area contributed by atoms with Gasteiger partial charge < -0.3 is 42.6 Å². The van der Waals surface area contributed by atoms with Gasteiger partial charge in [-0.05, 0) is 31.6 Å². The van der Waals surface area contributed by atoms with Crippen LogP contribution in [-0.4, -0.2) is 56.9 Å². The average molecular weight is 458 g/mol. The summed E-state index contributed by atoms with van der Waals surface area (Å²) < 4.78 is 5.23. The highest BCUT2D eigenvalue weighted by molar-refractivity contribution is 5.82. The van der Waals surface area contributed by atoms with Gasteiger partial charge in [0.15, 0.2) is 17.8 Å². The number of hydrogen-bond donors (Lipinski definition) is 6. The van der Waals surface area contributed by atoms with E-state index < -0.39 is 36.1 Å². The number of aliphatic imine (C=N–C) groups is 1. The summed E-state index contributed by atoms with van der Waals surface area (Å²) in [5.41, 5.74) is 16.5. The molecule has 14 heteroatoms. The van der Waals surface area contributed by atoms with Gasteiger partial charge in [-0.3, -0.25) is 9.79 Å².